The number of fused-ring (bicyclic) bond motifs is 1. The van der Waals surface area contributed by atoms with Gasteiger partial charge < -0.3 is 5.32 Å². The van der Waals surface area contributed by atoms with Gasteiger partial charge in [-0.2, -0.15) is 4.98 Å². The third-order valence-electron chi connectivity index (χ3n) is 6.26. The van der Waals surface area contributed by atoms with Crippen molar-refractivity contribution in [2.24, 2.45) is 0 Å². The number of hydrogen-bond donors (Lipinski definition) is 1. The average molecular weight is 466 g/mol. The van der Waals surface area contributed by atoms with Crippen molar-refractivity contribution in [2.45, 2.75) is 36.2 Å². The van der Waals surface area contributed by atoms with Gasteiger partial charge in [0, 0.05) is 29.6 Å². The predicted octanol–water partition coefficient (Wildman–Crippen LogP) is 5.65. The number of carbonyl (C=O) groups is 1. The number of pyridine rings is 1. The van der Waals surface area contributed by atoms with E-state index in [1.807, 2.05) is 41.1 Å². The first-order chi connectivity index (χ1) is 16.8. The Labute approximate surface area is 202 Å². The summed E-state index contributed by atoms with van der Waals surface area (Å²) in [5.74, 6) is 1.57. The summed E-state index contributed by atoms with van der Waals surface area (Å²) in [6.07, 6.45) is 4.08. The number of aromatic nitrogens is 4. The highest BCUT2D eigenvalue weighted by Crippen LogP contribution is 2.41. The Morgan fingerprint density at radius 2 is 1.74 bits per heavy atom. The Balaban J connectivity index is 1.36. The van der Waals surface area contributed by atoms with Gasteiger partial charge in [-0.25, -0.2) is 4.68 Å². The van der Waals surface area contributed by atoms with Gasteiger partial charge in [-0.05, 0) is 41.7 Å². The van der Waals surface area contributed by atoms with Crippen LogP contribution in [0.1, 0.15) is 36.6 Å². The Bertz CT molecular complexity index is 1360. The standard InChI is InChI=1S/C27H23N5OS/c33-23-11-6-10-22-24(23)25(20-14-12-19(13-15-20)18-7-2-1-3-8-18)32-26(29-22)30-27(31-32)34-17-21-9-4-5-16-28-21/h1-5,7-9,12-16,25H,6,10-11,17H2,(H,29,30,31). The molecule has 2 aliphatic rings. The van der Waals surface area contributed by atoms with Crippen LogP contribution in [0.2, 0.25) is 0 Å². The molecule has 2 aromatic heterocycles. The molecule has 4 aromatic rings. The van der Waals surface area contributed by atoms with Gasteiger partial charge in [0.25, 0.3) is 0 Å². The van der Waals surface area contributed by atoms with E-state index in [1.165, 1.54) is 5.56 Å². The van der Waals surface area contributed by atoms with Crippen molar-refractivity contribution in [1.82, 2.24) is 19.7 Å². The summed E-state index contributed by atoms with van der Waals surface area (Å²) in [6, 6.07) is 24.4. The second-order valence-corrected chi connectivity index (χ2v) is 9.40. The number of nitrogens with zero attached hydrogens (tertiary/aromatic N) is 4. The third-order valence-corrected chi connectivity index (χ3v) is 7.13. The van der Waals surface area contributed by atoms with E-state index in [2.05, 4.69) is 46.7 Å². The fourth-order valence-corrected chi connectivity index (χ4v) is 5.36. The largest absolute Gasteiger partial charge is 0.328 e. The van der Waals surface area contributed by atoms with Crippen LogP contribution >= 0.6 is 11.8 Å². The summed E-state index contributed by atoms with van der Waals surface area (Å²) in [7, 11) is 0. The van der Waals surface area contributed by atoms with Gasteiger partial charge >= 0.3 is 0 Å². The maximum Gasteiger partial charge on any atom is 0.227 e. The fourth-order valence-electron chi connectivity index (χ4n) is 4.62. The van der Waals surface area contributed by atoms with E-state index in [0.717, 1.165) is 40.9 Å². The van der Waals surface area contributed by atoms with E-state index in [0.29, 0.717) is 23.3 Å². The molecule has 2 aromatic carbocycles. The van der Waals surface area contributed by atoms with Crippen LogP contribution in [-0.4, -0.2) is 25.5 Å². The molecule has 0 saturated heterocycles. The molecule has 34 heavy (non-hydrogen) atoms. The molecule has 0 spiro atoms. The molecule has 3 heterocycles. The predicted molar refractivity (Wildman–Crippen MR) is 133 cm³/mol. The first-order valence-electron chi connectivity index (χ1n) is 11.4. The van der Waals surface area contributed by atoms with Crippen LogP contribution < -0.4 is 5.32 Å². The van der Waals surface area contributed by atoms with E-state index < -0.39 is 0 Å². The van der Waals surface area contributed by atoms with Crippen LogP contribution in [0.15, 0.2) is 95.4 Å². The number of allylic oxidation sites excluding steroid dienone is 2. The summed E-state index contributed by atoms with van der Waals surface area (Å²) in [4.78, 5) is 22.2. The number of hydrogen-bond acceptors (Lipinski definition) is 6. The highest BCUT2D eigenvalue weighted by Gasteiger charge is 2.36. The minimum atomic E-state index is -0.277. The van der Waals surface area contributed by atoms with Gasteiger partial charge in [0.1, 0.15) is 6.04 Å². The Morgan fingerprint density at radius 1 is 0.941 bits per heavy atom. The normalized spacial score (nSPS) is 17.2. The summed E-state index contributed by atoms with van der Waals surface area (Å²) in [5, 5.41) is 8.90. The highest BCUT2D eigenvalue weighted by atomic mass is 32.2. The zero-order valence-corrected chi connectivity index (χ0v) is 19.3. The molecule has 168 valence electrons. The molecule has 1 atom stereocenters. The summed E-state index contributed by atoms with van der Waals surface area (Å²) >= 11 is 1.55. The summed E-state index contributed by atoms with van der Waals surface area (Å²) < 4.78 is 1.88. The van der Waals surface area contributed by atoms with Gasteiger partial charge in [-0.15, -0.1) is 5.10 Å². The molecule has 0 amide bonds. The van der Waals surface area contributed by atoms with Gasteiger partial charge in [-0.1, -0.05) is 72.4 Å². The van der Waals surface area contributed by atoms with Crippen molar-refractivity contribution < 1.29 is 4.79 Å². The smallest absolute Gasteiger partial charge is 0.227 e. The van der Waals surface area contributed by atoms with Crippen LogP contribution in [0.3, 0.4) is 0 Å². The van der Waals surface area contributed by atoms with E-state index >= 15 is 0 Å². The lowest BCUT2D eigenvalue weighted by Crippen LogP contribution is -2.31. The van der Waals surface area contributed by atoms with Crippen molar-refractivity contribution in [3.05, 3.63) is 102 Å². The number of benzene rings is 2. The Kier molecular flexibility index (Phi) is 5.47. The minimum absolute atomic E-state index is 0.190. The maximum absolute atomic E-state index is 13.1. The molecule has 0 radical (unpaired) electrons. The molecule has 6 rings (SSSR count). The zero-order valence-electron chi connectivity index (χ0n) is 18.5. The highest BCUT2D eigenvalue weighted by molar-refractivity contribution is 7.98. The fraction of sp³-hybridized carbons (Fsp3) is 0.185. The van der Waals surface area contributed by atoms with Crippen molar-refractivity contribution in [3.63, 3.8) is 0 Å². The lowest BCUT2D eigenvalue weighted by molar-refractivity contribution is -0.116. The SMILES string of the molecule is O=C1CCCC2=C1C(c1ccc(-c3ccccc3)cc1)n1nc(SCc3ccccn3)nc1N2. The van der Waals surface area contributed by atoms with E-state index in [9.17, 15) is 4.79 Å². The summed E-state index contributed by atoms with van der Waals surface area (Å²) in [5.41, 5.74) is 6.13. The molecular weight excluding hydrogens is 442 g/mol. The molecular formula is C27H23N5OS. The van der Waals surface area contributed by atoms with E-state index in [4.69, 9.17) is 10.1 Å². The first kappa shape index (κ1) is 20.9. The molecule has 0 saturated carbocycles. The summed E-state index contributed by atoms with van der Waals surface area (Å²) in [6.45, 7) is 0. The molecule has 1 N–H and O–H groups in total. The Hall–Kier alpha value is -3.71. The molecule has 7 heteroatoms. The van der Waals surface area contributed by atoms with Crippen LogP contribution in [0, 0.1) is 0 Å². The molecule has 1 aliphatic carbocycles. The van der Waals surface area contributed by atoms with Crippen LogP contribution in [0.4, 0.5) is 5.95 Å². The number of carbonyl (C=O) groups excluding carboxylic acids is 1. The van der Waals surface area contributed by atoms with Crippen LogP contribution in [-0.2, 0) is 10.5 Å². The van der Waals surface area contributed by atoms with E-state index in [1.54, 1.807) is 18.0 Å². The first-order valence-corrected chi connectivity index (χ1v) is 12.4. The molecule has 1 aliphatic heterocycles. The monoisotopic (exact) mass is 465 g/mol. The Morgan fingerprint density at radius 3 is 2.53 bits per heavy atom. The minimum Gasteiger partial charge on any atom is -0.328 e. The quantitative estimate of drug-likeness (QED) is 0.384. The number of thioether (sulfide) groups is 1. The number of Topliss-reactive ketones (excluding diaryl/α,β-unsaturated/α-hetero) is 1. The lowest BCUT2D eigenvalue weighted by Gasteiger charge is -2.32. The van der Waals surface area contributed by atoms with Gasteiger partial charge in [0.2, 0.25) is 11.1 Å². The number of ketones is 1. The average Bonchev–Trinajstić information content (AvgIpc) is 3.30. The van der Waals surface area contributed by atoms with Crippen LogP contribution in [0.5, 0.6) is 0 Å². The van der Waals surface area contributed by atoms with Crippen molar-refractivity contribution in [1.29, 1.82) is 0 Å². The van der Waals surface area contributed by atoms with Crippen molar-refractivity contribution in [3.8, 4) is 11.1 Å². The molecule has 6 nitrogen and oxygen atoms in total. The van der Waals surface area contributed by atoms with Gasteiger partial charge in [0.05, 0.1) is 5.69 Å². The molecule has 0 fully saturated rings. The number of rotatable bonds is 5. The van der Waals surface area contributed by atoms with Crippen LogP contribution in [0.25, 0.3) is 11.1 Å². The molecule has 0 bridgehead atoms. The number of anilines is 1. The topological polar surface area (TPSA) is 72.7 Å². The second-order valence-electron chi connectivity index (χ2n) is 8.46. The second kappa shape index (κ2) is 8.91. The maximum atomic E-state index is 13.1. The lowest BCUT2D eigenvalue weighted by atomic mass is 9.85. The van der Waals surface area contributed by atoms with Crippen molar-refractivity contribution >= 4 is 23.5 Å². The molecule has 1 unspecified atom stereocenters. The van der Waals surface area contributed by atoms with Gasteiger partial charge in [-0.3, -0.25) is 9.78 Å². The zero-order chi connectivity index (χ0) is 22.9. The number of nitrogens with one attached hydrogen (secondary N) is 1. The van der Waals surface area contributed by atoms with Gasteiger partial charge in [0.15, 0.2) is 5.78 Å². The van der Waals surface area contributed by atoms with E-state index in [-0.39, 0.29) is 11.8 Å². The van der Waals surface area contributed by atoms with Crippen molar-refractivity contribution in [2.75, 3.05) is 5.32 Å². The third kappa shape index (κ3) is 3.92.